The zero-order chi connectivity index (χ0) is 18.9. The van der Waals surface area contributed by atoms with Gasteiger partial charge < -0.3 is 9.32 Å². The number of nitrogens with zero attached hydrogens (tertiary/aromatic N) is 1. The molecule has 2 aromatic carbocycles. The third kappa shape index (κ3) is 3.96. The third-order valence-corrected chi connectivity index (χ3v) is 5.22. The van der Waals surface area contributed by atoms with Gasteiger partial charge in [-0.1, -0.05) is 30.3 Å². The summed E-state index contributed by atoms with van der Waals surface area (Å²) in [6.07, 6.45) is 1.18. The number of amides is 1. The average molecular weight is 371 g/mol. The predicted molar refractivity (Wildman–Crippen MR) is 102 cm³/mol. The van der Waals surface area contributed by atoms with Crippen LogP contribution in [-0.4, -0.2) is 32.5 Å². The molecule has 0 spiro atoms. The van der Waals surface area contributed by atoms with Crippen molar-refractivity contribution in [2.75, 3.05) is 13.3 Å². The lowest BCUT2D eigenvalue weighted by molar-refractivity contribution is 0.0727. The van der Waals surface area contributed by atoms with Crippen LogP contribution < -0.4 is 0 Å². The summed E-state index contributed by atoms with van der Waals surface area (Å²) in [5, 5.41) is 0.991. The highest BCUT2D eigenvalue weighted by atomic mass is 32.2. The molecular weight excluding hydrogens is 350 g/mol. The minimum absolute atomic E-state index is 0.0863. The molecule has 0 radical (unpaired) electrons. The third-order valence-electron chi connectivity index (χ3n) is 4.36. The van der Waals surface area contributed by atoms with Gasteiger partial charge in [-0.05, 0) is 36.8 Å². The Hall–Kier alpha value is -2.60. The maximum Gasteiger partial charge on any atom is 0.254 e. The second-order valence-electron chi connectivity index (χ2n) is 6.55. The number of fused-ring (bicyclic) bond motifs is 1. The zero-order valence-electron chi connectivity index (χ0n) is 15.0. The second kappa shape index (κ2) is 6.96. The first-order valence-electron chi connectivity index (χ1n) is 8.27. The van der Waals surface area contributed by atoms with Crippen molar-refractivity contribution in [1.82, 2.24) is 4.90 Å². The minimum Gasteiger partial charge on any atom is -0.459 e. The summed E-state index contributed by atoms with van der Waals surface area (Å²) in [4.78, 5) is 14.4. The van der Waals surface area contributed by atoms with Crippen molar-refractivity contribution in [3.8, 4) is 0 Å². The van der Waals surface area contributed by atoms with Crippen LogP contribution in [0.5, 0.6) is 0 Å². The van der Waals surface area contributed by atoms with Gasteiger partial charge in [0.1, 0.15) is 11.3 Å². The van der Waals surface area contributed by atoms with Crippen LogP contribution >= 0.6 is 0 Å². The molecule has 3 rings (SSSR count). The van der Waals surface area contributed by atoms with Crippen molar-refractivity contribution < 1.29 is 17.6 Å². The summed E-state index contributed by atoms with van der Waals surface area (Å²) in [6.45, 7) is 1.90. The Labute approximate surface area is 153 Å². The molecule has 3 aromatic rings. The predicted octanol–water partition coefficient (Wildman–Crippen LogP) is 3.81. The molecule has 5 nitrogen and oxygen atoms in total. The fourth-order valence-corrected chi connectivity index (χ4v) is 3.66. The van der Waals surface area contributed by atoms with E-state index in [1.165, 1.54) is 6.26 Å². The molecular formula is C20H21NO4S. The quantitative estimate of drug-likeness (QED) is 0.684. The van der Waals surface area contributed by atoms with Gasteiger partial charge in [0.15, 0.2) is 9.84 Å². The summed E-state index contributed by atoms with van der Waals surface area (Å²) in [7, 11) is -1.44. The number of carbonyl (C=O) groups is 1. The summed E-state index contributed by atoms with van der Waals surface area (Å²) in [5.74, 6) is 0.430. The molecule has 1 amide bonds. The number of hydrogen-bond acceptors (Lipinski definition) is 4. The lowest BCUT2D eigenvalue weighted by Gasteiger charge is -2.23. The molecule has 0 saturated carbocycles. The molecule has 136 valence electrons. The molecule has 0 aliphatic rings. The fourth-order valence-electron chi connectivity index (χ4n) is 2.88. The topological polar surface area (TPSA) is 67.6 Å². The summed E-state index contributed by atoms with van der Waals surface area (Å²) >= 11 is 0. The number of para-hydroxylation sites is 1. The largest absolute Gasteiger partial charge is 0.459 e. The molecule has 0 fully saturated rings. The average Bonchev–Trinajstić information content (AvgIpc) is 3.02. The molecule has 6 heteroatoms. The van der Waals surface area contributed by atoms with Crippen LogP contribution in [0.1, 0.15) is 34.6 Å². The van der Waals surface area contributed by atoms with Gasteiger partial charge in [0.2, 0.25) is 0 Å². The first-order valence-corrected chi connectivity index (χ1v) is 10.3. The van der Waals surface area contributed by atoms with Crippen molar-refractivity contribution in [2.45, 2.75) is 18.7 Å². The number of furan rings is 1. The van der Waals surface area contributed by atoms with E-state index >= 15 is 0 Å². The lowest BCUT2D eigenvalue weighted by atomic mass is 10.1. The molecule has 0 aliphatic heterocycles. The zero-order valence-corrected chi connectivity index (χ0v) is 15.8. The molecule has 0 bridgehead atoms. The Morgan fingerprint density at radius 3 is 2.54 bits per heavy atom. The Kier molecular flexibility index (Phi) is 4.87. The van der Waals surface area contributed by atoms with E-state index in [9.17, 15) is 13.2 Å². The SMILES string of the molecule is CC(c1cc2ccccc2o1)N(C)C(=O)c1cccc(CS(C)(=O)=O)c1. The van der Waals surface area contributed by atoms with E-state index in [0.717, 1.165) is 11.0 Å². The highest BCUT2D eigenvalue weighted by molar-refractivity contribution is 7.89. The molecule has 1 heterocycles. The van der Waals surface area contributed by atoms with Crippen LogP contribution in [0.25, 0.3) is 11.0 Å². The summed E-state index contributed by atoms with van der Waals surface area (Å²) in [5.41, 5.74) is 1.84. The van der Waals surface area contributed by atoms with Gasteiger partial charge in [-0.15, -0.1) is 0 Å². The van der Waals surface area contributed by atoms with E-state index in [2.05, 4.69) is 0 Å². The first kappa shape index (κ1) is 18.2. The number of carbonyl (C=O) groups excluding carboxylic acids is 1. The molecule has 1 unspecified atom stereocenters. The number of benzene rings is 2. The van der Waals surface area contributed by atoms with E-state index in [1.54, 1.807) is 36.2 Å². The van der Waals surface area contributed by atoms with E-state index in [-0.39, 0.29) is 17.7 Å². The summed E-state index contributed by atoms with van der Waals surface area (Å²) in [6, 6.07) is 16.1. The van der Waals surface area contributed by atoms with E-state index in [0.29, 0.717) is 16.9 Å². The van der Waals surface area contributed by atoms with Crippen LogP contribution in [0.15, 0.2) is 59.0 Å². The minimum atomic E-state index is -3.15. The maximum absolute atomic E-state index is 12.8. The van der Waals surface area contributed by atoms with Gasteiger partial charge >= 0.3 is 0 Å². The normalized spacial score (nSPS) is 12.9. The van der Waals surface area contributed by atoms with Gasteiger partial charge in [0.05, 0.1) is 11.8 Å². The molecule has 26 heavy (non-hydrogen) atoms. The lowest BCUT2D eigenvalue weighted by Crippen LogP contribution is -2.29. The van der Waals surface area contributed by atoms with Crippen molar-refractivity contribution in [3.05, 3.63) is 71.5 Å². The van der Waals surface area contributed by atoms with Gasteiger partial charge in [0.25, 0.3) is 5.91 Å². The Balaban J connectivity index is 1.83. The fraction of sp³-hybridized carbons (Fsp3) is 0.250. The van der Waals surface area contributed by atoms with Crippen LogP contribution in [0.3, 0.4) is 0 Å². The Morgan fingerprint density at radius 1 is 1.12 bits per heavy atom. The number of hydrogen-bond donors (Lipinski definition) is 0. The van der Waals surface area contributed by atoms with Crippen molar-refractivity contribution in [2.24, 2.45) is 0 Å². The Bertz CT molecular complexity index is 1020. The van der Waals surface area contributed by atoms with Crippen LogP contribution in [0.2, 0.25) is 0 Å². The number of sulfone groups is 1. The molecule has 1 aromatic heterocycles. The molecule has 0 aliphatic carbocycles. The van der Waals surface area contributed by atoms with E-state index in [1.807, 2.05) is 37.3 Å². The van der Waals surface area contributed by atoms with Gasteiger partial charge in [-0.3, -0.25) is 4.79 Å². The Morgan fingerprint density at radius 2 is 1.85 bits per heavy atom. The van der Waals surface area contributed by atoms with Crippen LogP contribution in [-0.2, 0) is 15.6 Å². The monoisotopic (exact) mass is 371 g/mol. The van der Waals surface area contributed by atoms with Crippen molar-refractivity contribution in [1.29, 1.82) is 0 Å². The van der Waals surface area contributed by atoms with Gasteiger partial charge in [-0.2, -0.15) is 0 Å². The molecule has 0 N–H and O–H groups in total. The molecule has 1 atom stereocenters. The molecule has 0 saturated heterocycles. The van der Waals surface area contributed by atoms with Crippen molar-refractivity contribution in [3.63, 3.8) is 0 Å². The maximum atomic E-state index is 12.8. The van der Waals surface area contributed by atoms with Crippen molar-refractivity contribution >= 4 is 26.7 Å². The van der Waals surface area contributed by atoms with Crippen LogP contribution in [0.4, 0.5) is 0 Å². The highest BCUT2D eigenvalue weighted by Gasteiger charge is 2.22. The second-order valence-corrected chi connectivity index (χ2v) is 8.69. The van der Waals surface area contributed by atoms with E-state index < -0.39 is 9.84 Å². The van der Waals surface area contributed by atoms with Gasteiger partial charge in [-0.25, -0.2) is 8.42 Å². The van der Waals surface area contributed by atoms with Gasteiger partial charge in [0, 0.05) is 24.3 Å². The highest BCUT2D eigenvalue weighted by Crippen LogP contribution is 2.27. The van der Waals surface area contributed by atoms with E-state index in [4.69, 9.17) is 4.42 Å². The van der Waals surface area contributed by atoms with Crippen LogP contribution in [0, 0.1) is 0 Å². The first-order chi connectivity index (χ1) is 12.2. The summed E-state index contributed by atoms with van der Waals surface area (Å²) < 4.78 is 28.8. The smallest absolute Gasteiger partial charge is 0.254 e. The number of rotatable bonds is 5. The standard InChI is InChI=1S/C20H21NO4S/c1-14(19-12-16-8-4-5-10-18(16)25-19)21(2)20(22)17-9-6-7-15(11-17)13-26(3,23)24/h4-12,14H,13H2,1-3H3.